The highest BCUT2D eigenvalue weighted by molar-refractivity contribution is 6.03. The Morgan fingerprint density at radius 3 is 2.32 bits per heavy atom. The number of carbonyl (C=O) groups is 2. The van der Waals surface area contributed by atoms with Crippen molar-refractivity contribution in [2.24, 2.45) is 0 Å². The topological polar surface area (TPSA) is 81.5 Å². The Bertz CT molecular complexity index is 1440. The van der Waals surface area contributed by atoms with Gasteiger partial charge in [-0.3, -0.25) is 19.0 Å². The molecule has 7 heteroatoms. The number of nitrogens with zero attached hydrogens (tertiary/aromatic N) is 3. The van der Waals surface area contributed by atoms with E-state index in [2.05, 4.69) is 0 Å². The molecule has 2 heterocycles. The molecule has 5 rings (SSSR count). The lowest BCUT2D eigenvalue weighted by atomic mass is 9.97. The molecule has 1 aliphatic rings. The molecule has 1 aromatic heterocycles. The molecule has 0 fully saturated rings. The van der Waals surface area contributed by atoms with Crippen molar-refractivity contribution in [3.63, 3.8) is 0 Å². The zero-order valence-corrected chi connectivity index (χ0v) is 18.8. The smallest absolute Gasteiger partial charge is 0.262 e. The molecule has 170 valence electrons. The minimum Gasteiger partial charge on any atom is -0.497 e. The van der Waals surface area contributed by atoms with Gasteiger partial charge in [-0.15, -0.1) is 0 Å². The number of carbonyl (C=O) groups excluding carboxylic acids is 2. The molecule has 1 aliphatic heterocycles. The molecule has 0 spiro atoms. The van der Waals surface area contributed by atoms with E-state index in [-0.39, 0.29) is 29.6 Å². The summed E-state index contributed by atoms with van der Waals surface area (Å²) in [5, 5.41) is 0.417. The number of amides is 1. The Labute approximate surface area is 196 Å². The van der Waals surface area contributed by atoms with Gasteiger partial charge in [0.2, 0.25) is 5.91 Å². The summed E-state index contributed by atoms with van der Waals surface area (Å²) in [6, 6.07) is 21.3. The van der Waals surface area contributed by atoms with E-state index in [1.165, 1.54) is 9.47 Å². The predicted molar refractivity (Wildman–Crippen MR) is 128 cm³/mol. The number of para-hydroxylation sites is 1. The molecule has 34 heavy (non-hydrogen) atoms. The van der Waals surface area contributed by atoms with Crippen LogP contribution in [0.3, 0.4) is 0 Å². The predicted octanol–water partition coefficient (Wildman–Crippen LogP) is 3.93. The van der Waals surface area contributed by atoms with Crippen molar-refractivity contribution in [1.82, 2.24) is 14.5 Å². The molecule has 2 atom stereocenters. The summed E-state index contributed by atoms with van der Waals surface area (Å²) >= 11 is 0. The summed E-state index contributed by atoms with van der Waals surface area (Å²) in [6.07, 6.45) is 0. The van der Waals surface area contributed by atoms with Crippen molar-refractivity contribution < 1.29 is 14.3 Å². The van der Waals surface area contributed by atoms with Crippen LogP contribution in [0.25, 0.3) is 10.9 Å². The fourth-order valence-electron chi connectivity index (χ4n) is 4.46. The van der Waals surface area contributed by atoms with E-state index in [0.717, 1.165) is 5.56 Å². The number of rotatable bonds is 5. The first-order chi connectivity index (χ1) is 16.5. The number of methoxy groups -OCH3 is 1. The third kappa shape index (κ3) is 3.55. The molecule has 0 aliphatic carbocycles. The zero-order chi connectivity index (χ0) is 23.8. The second kappa shape index (κ2) is 8.59. The highest BCUT2D eigenvalue weighted by Gasteiger charge is 2.43. The third-order valence-corrected chi connectivity index (χ3v) is 6.24. The summed E-state index contributed by atoms with van der Waals surface area (Å²) in [5.74, 6) is 0.379. The Hall–Kier alpha value is -4.26. The highest BCUT2D eigenvalue weighted by Crippen LogP contribution is 2.34. The lowest BCUT2D eigenvalue weighted by Gasteiger charge is -2.39. The van der Waals surface area contributed by atoms with Crippen LogP contribution in [-0.2, 0) is 11.3 Å². The van der Waals surface area contributed by atoms with Gasteiger partial charge in [0, 0.05) is 12.1 Å². The molecular formula is C27H23N3O4. The average Bonchev–Trinajstić information content (AvgIpc) is 2.88. The number of aromatic nitrogens is 2. The van der Waals surface area contributed by atoms with E-state index in [0.29, 0.717) is 22.2 Å². The number of fused-ring (bicyclic) bond motifs is 2. The molecule has 0 radical (unpaired) electrons. The number of hydrogen-bond acceptors (Lipinski definition) is 5. The van der Waals surface area contributed by atoms with Gasteiger partial charge in [0.1, 0.15) is 17.6 Å². The van der Waals surface area contributed by atoms with Crippen molar-refractivity contribution in [2.75, 3.05) is 7.11 Å². The largest absolute Gasteiger partial charge is 0.497 e. The fourth-order valence-corrected chi connectivity index (χ4v) is 4.46. The van der Waals surface area contributed by atoms with Gasteiger partial charge in [0.15, 0.2) is 11.8 Å². The molecule has 0 saturated heterocycles. The maximum Gasteiger partial charge on any atom is 0.262 e. The maximum atomic E-state index is 13.8. The molecule has 0 saturated carbocycles. The Morgan fingerprint density at radius 2 is 1.62 bits per heavy atom. The molecular weight excluding hydrogens is 430 g/mol. The van der Waals surface area contributed by atoms with Crippen molar-refractivity contribution in [1.29, 1.82) is 0 Å². The first kappa shape index (κ1) is 21.6. The number of Topliss-reactive ketones (excluding diaryl/α,β-unsaturated/α-hetero) is 1. The summed E-state index contributed by atoms with van der Waals surface area (Å²) < 4.78 is 6.61. The molecule has 0 bridgehead atoms. The van der Waals surface area contributed by atoms with Crippen LogP contribution in [0.15, 0.2) is 83.7 Å². The van der Waals surface area contributed by atoms with Crippen LogP contribution in [0, 0.1) is 0 Å². The van der Waals surface area contributed by atoms with Crippen molar-refractivity contribution in [3.8, 4) is 5.75 Å². The van der Waals surface area contributed by atoms with Crippen molar-refractivity contribution >= 4 is 22.6 Å². The van der Waals surface area contributed by atoms with Gasteiger partial charge in [-0.2, -0.15) is 0 Å². The van der Waals surface area contributed by atoms with E-state index in [4.69, 9.17) is 9.72 Å². The molecule has 0 N–H and O–H groups in total. The van der Waals surface area contributed by atoms with Crippen LogP contribution in [0.4, 0.5) is 0 Å². The summed E-state index contributed by atoms with van der Waals surface area (Å²) in [5.41, 5.74) is 1.46. The van der Waals surface area contributed by atoms with Crippen LogP contribution < -0.4 is 10.3 Å². The summed E-state index contributed by atoms with van der Waals surface area (Å²) in [4.78, 5) is 47.1. The van der Waals surface area contributed by atoms with Gasteiger partial charge in [0.05, 0.1) is 18.0 Å². The van der Waals surface area contributed by atoms with Crippen LogP contribution in [0.5, 0.6) is 5.75 Å². The van der Waals surface area contributed by atoms with E-state index in [1.807, 2.05) is 30.3 Å². The monoisotopic (exact) mass is 453 g/mol. The van der Waals surface area contributed by atoms with Gasteiger partial charge in [-0.05, 0) is 36.8 Å². The first-order valence-corrected chi connectivity index (χ1v) is 11.0. The van der Waals surface area contributed by atoms with Gasteiger partial charge < -0.3 is 9.64 Å². The Morgan fingerprint density at radius 1 is 0.941 bits per heavy atom. The number of ether oxygens (including phenoxy) is 1. The molecule has 1 amide bonds. The first-order valence-electron chi connectivity index (χ1n) is 11.0. The standard InChI is InChI=1S/C27H23N3O4/c1-17-26(32)29(16-18-12-14-20(34-2)15-13-18)23(24(31)19-8-4-3-5-9-19)25-28-22-11-7-6-10-21(22)27(33)30(17)25/h3-15,17,23H,16H2,1-2H3/t17-,23-/m0/s1. The van der Waals surface area contributed by atoms with Crippen LogP contribution in [-0.4, -0.2) is 33.3 Å². The zero-order valence-electron chi connectivity index (χ0n) is 18.8. The average molecular weight is 453 g/mol. The summed E-state index contributed by atoms with van der Waals surface area (Å²) in [7, 11) is 1.59. The van der Waals surface area contributed by atoms with Crippen LogP contribution in [0.2, 0.25) is 0 Å². The normalized spacial score (nSPS) is 17.5. The lowest BCUT2D eigenvalue weighted by Crippen LogP contribution is -2.51. The highest BCUT2D eigenvalue weighted by atomic mass is 16.5. The van der Waals surface area contributed by atoms with E-state index in [9.17, 15) is 14.4 Å². The van der Waals surface area contributed by atoms with Crippen LogP contribution >= 0.6 is 0 Å². The minimum atomic E-state index is -1.04. The quantitative estimate of drug-likeness (QED) is 0.428. The molecule has 3 aromatic carbocycles. The van der Waals surface area contributed by atoms with Gasteiger partial charge >= 0.3 is 0 Å². The lowest BCUT2D eigenvalue weighted by molar-refractivity contribution is -0.139. The number of benzene rings is 3. The number of ketones is 1. The minimum absolute atomic E-state index is 0.194. The summed E-state index contributed by atoms with van der Waals surface area (Å²) in [6.45, 7) is 1.87. The third-order valence-electron chi connectivity index (χ3n) is 6.24. The van der Waals surface area contributed by atoms with Gasteiger partial charge in [-0.1, -0.05) is 54.6 Å². The van der Waals surface area contributed by atoms with Crippen molar-refractivity contribution in [2.45, 2.75) is 25.6 Å². The number of hydrogen-bond donors (Lipinski definition) is 0. The molecule has 0 unspecified atom stereocenters. The van der Waals surface area contributed by atoms with Crippen LogP contribution in [0.1, 0.15) is 40.8 Å². The second-order valence-corrected chi connectivity index (χ2v) is 8.29. The maximum absolute atomic E-state index is 13.8. The Balaban J connectivity index is 1.70. The molecule has 4 aromatic rings. The van der Waals surface area contributed by atoms with E-state index in [1.54, 1.807) is 62.6 Å². The fraction of sp³-hybridized carbons (Fsp3) is 0.185. The van der Waals surface area contributed by atoms with Gasteiger partial charge in [-0.25, -0.2) is 4.98 Å². The van der Waals surface area contributed by atoms with Crippen molar-refractivity contribution in [3.05, 3.63) is 106 Å². The van der Waals surface area contributed by atoms with E-state index < -0.39 is 12.1 Å². The SMILES string of the molecule is COc1ccc(CN2C(=O)[C@H](C)n3c(nc4ccccc4c3=O)[C@@H]2C(=O)c2ccccc2)cc1. The Kier molecular flexibility index (Phi) is 5.45. The van der Waals surface area contributed by atoms with E-state index >= 15 is 0 Å². The van der Waals surface area contributed by atoms with Gasteiger partial charge in [0.25, 0.3) is 5.56 Å². The second-order valence-electron chi connectivity index (χ2n) is 8.29. The molecule has 7 nitrogen and oxygen atoms in total.